The van der Waals surface area contributed by atoms with Crippen molar-refractivity contribution in [3.8, 4) is 0 Å². The zero-order chi connectivity index (χ0) is 15.2. The van der Waals surface area contributed by atoms with Crippen LogP contribution in [0.4, 0.5) is 0 Å². The summed E-state index contributed by atoms with van der Waals surface area (Å²) in [6.07, 6.45) is 3.99. The minimum atomic E-state index is -3.59. The van der Waals surface area contributed by atoms with E-state index in [1.807, 2.05) is 20.8 Å². The number of nitrogens with one attached hydrogen (secondary N) is 1. The van der Waals surface area contributed by atoms with Gasteiger partial charge >= 0.3 is 0 Å². The first-order valence-corrected chi connectivity index (χ1v) is 9.57. The van der Waals surface area contributed by atoms with Crippen LogP contribution in [-0.2, 0) is 10.0 Å². The zero-order valence-electron chi connectivity index (χ0n) is 12.5. The molecular formula is C13H20N4O2S2. The molecule has 116 valence electrons. The summed E-state index contributed by atoms with van der Waals surface area (Å²) >= 11 is 1.41. The molecule has 0 radical (unpaired) electrons. The van der Waals surface area contributed by atoms with Gasteiger partial charge in [0.2, 0.25) is 4.96 Å². The molecule has 6 nitrogen and oxygen atoms in total. The lowest BCUT2D eigenvalue weighted by molar-refractivity contribution is 0.542. The number of nitrogens with zero attached hydrogens (tertiary/aromatic N) is 3. The molecule has 21 heavy (non-hydrogen) atoms. The summed E-state index contributed by atoms with van der Waals surface area (Å²) in [6, 6.07) is 0.0419. The van der Waals surface area contributed by atoms with E-state index < -0.39 is 10.0 Å². The molecule has 0 aromatic carbocycles. The Balaban J connectivity index is 2.09. The van der Waals surface area contributed by atoms with E-state index in [0.717, 1.165) is 30.7 Å². The van der Waals surface area contributed by atoms with E-state index in [1.165, 1.54) is 15.9 Å². The lowest BCUT2D eigenvalue weighted by atomic mass is 10.2. The van der Waals surface area contributed by atoms with Crippen molar-refractivity contribution in [3.05, 3.63) is 10.7 Å². The van der Waals surface area contributed by atoms with Gasteiger partial charge in [-0.1, -0.05) is 38.0 Å². The van der Waals surface area contributed by atoms with Crippen LogP contribution in [-0.4, -0.2) is 29.1 Å². The van der Waals surface area contributed by atoms with Gasteiger partial charge in [0.15, 0.2) is 5.03 Å². The molecule has 0 unspecified atom stereocenters. The summed E-state index contributed by atoms with van der Waals surface area (Å²) in [4.78, 5) is 5.12. The van der Waals surface area contributed by atoms with Gasteiger partial charge in [-0.05, 0) is 25.7 Å². The number of rotatable bonds is 4. The van der Waals surface area contributed by atoms with E-state index in [9.17, 15) is 8.42 Å². The normalized spacial score (nSPS) is 17.3. The molecule has 2 heterocycles. The van der Waals surface area contributed by atoms with Crippen LogP contribution in [0.25, 0.3) is 4.96 Å². The van der Waals surface area contributed by atoms with E-state index >= 15 is 0 Å². The average Bonchev–Trinajstić information content (AvgIpc) is 3.02. The fourth-order valence-electron chi connectivity index (χ4n) is 2.79. The van der Waals surface area contributed by atoms with Crippen molar-refractivity contribution in [3.63, 3.8) is 0 Å². The molecule has 1 saturated carbocycles. The second-order valence-electron chi connectivity index (χ2n) is 5.88. The SMILES string of the molecule is Cc1nn2c(S(=O)(=O)NC3CCCC3)c(C(C)C)nc2s1. The van der Waals surface area contributed by atoms with E-state index in [-0.39, 0.29) is 17.0 Å². The lowest BCUT2D eigenvalue weighted by Crippen LogP contribution is -2.34. The molecule has 1 aliphatic carbocycles. The predicted molar refractivity (Wildman–Crippen MR) is 82.3 cm³/mol. The maximum atomic E-state index is 12.8. The predicted octanol–water partition coefficient (Wildman–Crippen LogP) is 2.44. The smallest absolute Gasteiger partial charge is 0.221 e. The quantitative estimate of drug-likeness (QED) is 0.935. The summed E-state index contributed by atoms with van der Waals surface area (Å²) in [6.45, 7) is 5.76. The molecule has 0 amide bonds. The highest BCUT2D eigenvalue weighted by atomic mass is 32.2. The Bertz CT molecular complexity index is 755. The van der Waals surface area contributed by atoms with Gasteiger partial charge in [0, 0.05) is 6.04 Å². The maximum Gasteiger partial charge on any atom is 0.260 e. The molecule has 0 atom stereocenters. The number of hydrogen-bond donors (Lipinski definition) is 1. The van der Waals surface area contributed by atoms with Crippen molar-refractivity contribution in [2.45, 2.75) is 63.4 Å². The second kappa shape index (κ2) is 5.33. The van der Waals surface area contributed by atoms with Crippen LogP contribution < -0.4 is 4.72 Å². The molecule has 3 rings (SSSR count). The number of hydrogen-bond acceptors (Lipinski definition) is 5. The highest BCUT2D eigenvalue weighted by Crippen LogP contribution is 2.28. The minimum Gasteiger partial charge on any atom is -0.221 e. The molecule has 0 saturated heterocycles. The van der Waals surface area contributed by atoms with E-state index in [4.69, 9.17) is 0 Å². The van der Waals surface area contributed by atoms with Gasteiger partial charge in [-0.2, -0.15) is 9.61 Å². The summed E-state index contributed by atoms with van der Waals surface area (Å²) in [7, 11) is -3.59. The molecule has 2 aromatic rings. The Hall–Kier alpha value is -0.990. The Morgan fingerprint density at radius 2 is 2.00 bits per heavy atom. The highest BCUT2D eigenvalue weighted by Gasteiger charge is 2.31. The first kappa shape index (κ1) is 14.9. The summed E-state index contributed by atoms with van der Waals surface area (Å²) in [5.74, 6) is 0.0364. The lowest BCUT2D eigenvalue weighted by Gasteiger charge is -2.13. The molecule has 1 N–H and O–H groups in total. The monoisotopic (exact) mass is 328 g/mol. The highest BCUT2D eigenvalue weighted by molar-refractivity contribution is 7.89. The fraction of sp³-hybridized carbons (Fsp3) is 0.692. The molecule has 8 heteroatoms. The molecule has 1 aliphatic rings. The van der Waals surface area contributed by atoms with Crippen molar-refractivity contribution in [2.24, 2.45) is 0 Å². The van der Waals surface area contributed by atoms with Gasteiger partial charge in [-0.15, -0.1) is 0 Å². The van der Waals surface area contributed by atoms with Crippen LogP contribution in [0.1, 0.15) is 56.2 Å². The summed E-state index contributed by atoms with van der Waals surface area (Å²) < 4.78 is 29.9. The summed E-state index contributed by atoms with van der Waals surface area (Å²) in [5.41, 5.74) is 0.597. The standard InChI is InChI=1S/C13H20N4O2S2/c1-8(2)11-12(17-13(14-11)20-9(3)15-17)21(18,19)16-10-6-4-5-7-10/h8,10,16H,4-7H2,1-3H3. The number of fused-ring (bicyclic) bond motifs is 1. The van der Waals surface area contributed by atoms with Crippen molar-refractivity contribution >= 4 is 26.3 Å². The average molecular weight is 328 g/mol. The minimum absolute atomic E-state index is 0.0364. The largest absolute Gasteiger partial charge is 0.260 e. The van der Waals surface area contributed by atoms with E-state index in [0.29, 0.717) is 10.7 Å². The van der Waals surface area contributed by atoms with Crippen LogP contribution in [0.15, 0.2) is 5.03 Å². The van der Waals surface area contributed by atoms with Crippen molar-refractivity contribution in [2.75, 3.05) is 0 Å². The van der Waals surface area contributed by atoms with Gasteiger partial charge < -0.3 is 0 Å². The van der Waals surface area contributed by atoms with Crippen LogP contribution in [0, 0.1) is 6.92 Å². The first-order valence-electron chi connectivity index (χ1n) is 7.27. The fourth-order valence-corrected chi connectivity index (χ4v) is 5.29. The Kier molecular flexibility index (Phi) is 3.79. The molecule has 2 aromatic heterocycles. The van der Waals surface area contributed by atoms with Gasteiger partial charge in [-0.25, -0.2) is 18.1 Å². The topological polar surface area (TPSA) is 76.4 Å². The number of imidazole rings is 1. The molecule has 0 spiro atoms. The third-order valence-corrected chi connectivity index (χ3v) is 6.13. The maximum absolute atomic E-state index is 12.8. The third kappa shape index (κ3) is 2.72. The van der Waals surface area contributed by atoms with Crippen molar-refractivity contribution < 1.29 is 8.42 Å². The molecule has 0 bridgehead atoms. The molecular weight excluding hydrogens is 308 g/mol. The Labute approximate surface area is 128 Å². The van der Waals surface area contributed by atoms with Crippen molar-refractivity contribution in [1.29, 1.82) is 0 Å². The van der Waals surface area contributed by atoms with E-state index in [2.05, 4.69) is 14.8 Å². The number of aryl methyl sites for hydroxylation is 1. The van der Waals surface area contributed by atoms with Gasteiger partial charge in [-0.3, -0.25) is 0 Å². The van der Waals surface area contributed by atoms with Gasteiger partial charge in [0.05, 0.1) is 5.69 Å². The van der Waals surface area contributed by atoms with Crippen LogP contribution >= 0.6 is 11.3 Å². The van der Waals surface area contributed by atoms with Crippen LogP contribution in [0.5, 0.6) is 0 Å². The Morgan fingerprint density at radius 1 is 1.33 bits per heavy atom. The summed E-state index contributed by atoms with van der Waals surface area (Å²) in [5, 5.41) is 5.33. The Morgan fingerprint density at radius 3 is 2.62 bits per heavy atom. The zero-order valence-corrected chi connectivity index (χ0v) is 14.1. The van der Waals surface area contributed by atoms with Gasteiger partial charge in [0.25, 0.3) is 10.0 Å². The number of aromatic nitrogens is 3. The van der Waals surface area contributed by atoms with Crippen LogP contribution in [0.3, 0.4) is 0 Å². The number of sulfonamides is 1. The second-order valence-corrected chi connectivity index (χ2v) is 8.66. The van der Waals surface area contributed by atoms with E-state index in [1.54, 1.807) is 0 Å². The third-order valence-electron chi connectivity index (χ3n) is 3.77. The van der Waals surface area contributed by atoms with Crippen molar-refractivity contribution in [1.82, 2.24) is 19.3 Å². The first-order chi connectivity index (χ1) is 9.88. The van der Waals surface area contributed by atoms with Crippen LogP contribution in [0.2, 0.25) is 0 Å². The molecule has 0 aliphatic heterocycles. The molecule has 1 fully saturated rings. The van der Waals surface area contributed by atoms with Gasteiger partial charge in [0.1, 0.15) is 5.01 Å².